The third kappa shape index (κ3) is 4.36. The fourth-order valence-electron chi connectivity index (χ4n) is 2.90. The van der Waals surface area contributed by atoms with Crippen LogP contribution < -0.4 is 4.90 Å². The molecule has 1 aliphatic rings. The first-order valence-corrected chi connectivity index (χ1v) is 9.17. The van der Waals surface area contributed by atoms with Gasteiger partial charge < -0.3 is 14.4 Å². The minimum atomic E-state index is -0.495. The number of amides is 1. The predicted octanol–water partition coefficient (Wildman–Crippen LogP) is 3.33. The molecule has 27 heavy (non-hydrogen) atoms. The number of methoxy groups -OCH3 is 1. The van der Waals surface area contributed by atoms with Crippen LogP contribution in [0.1, 0.15) is 22.3 Å². The number of benzene rings is 2. The van der Waals surface area contributed by atoms with E-state index in [4.69, 9.17) is 4.74 Å². The van der Waals surface area contributed by atoms with Gasteiger partial charge in [0, 0.05) is 28.7 Å². The lowest BCUT2D eigenvalue weighted by Crippen LogP contribution is -2.26. The summed E-state index contributed by atoms with van der Waals surface area (Å²) in [5.41, 5.74) is 1.90. The van der Waals surface area contributed by atoms with E-state index in [0.717, 1.165) is 11.3 Å². The van der Waals surface area contributed by atoms with Crippen molar-refractivity contribution in [2.45, 2.75) is 13.0 Å². The SMILES string of the molecule is COC(=O)c1ccc(COC(=O)[C@@H]2CC(=O)N(c3ccccc3)C2)c(Br)c1. The van der Waals surface area contributed by atoms with Crippen LogP contribution in [0.4, 0.5) is 5.69 Å². The maximum Gasteiger partial charge on any atom is 0.337 e. The molecule has 0 saturated carbocycles. The highest BCUT2D eigenvalue weighted by Crippen LogP contribution is 2.26. The number of hydrogen-bond acceptors (Lipinski definition) is 5. The molecule has 3 rings (SSSR count). The first kappa shape index (κ1) is 19.1. The van der Waals surface area contributed by atoms with E-state index in [1.165, 1.54) is 7.11 Å². The lowest BCUT2D eigenvalue weighted by atomic mass is 10.1. The first-order valence-electron chi connectivity index (χ1n) is 8.38. The smallest absolute Gasteiger partial charge is 0.337 e. The van der Waals surface area contributed by atoms with Crippen molar-refractivity contribution in [3.63, 3.8) is 0 Å². The van der Waals surface area contributed by atoms with Crippen LogP contribution in [0.25, 0.3) is 0 Å². The van der Waals surface area contributed by atoms with Crippen molar-refractivity contribution in [3.8, 4) is 0 Å². The summed E-state index contributed by atoms with van der Waals surface area (Å²) in [6.45, 7) is 0.362. The quantitative estimate of drug-likeness (QED) is 0.678. The predicted molar refractivity (Wildman–Crippen MR) is 102 cm³/mol. The number of hydrogen-bond donors (Lipinski definition) is 0. The van der Waals surface area contributed by atoms with E-state index >= 15 is 0 Å². The topological polar surface area (TPSA) is 72.9 Å². The summed E-state index contributed by atoms with van der Waals surface area (Å²) in [5, 5.41) is 0. The number of carbonyl (C=O) groups is 3. The van der Waals surface area contributed by atoms with Gasteiger partial charge in [0.1, 0.15) is 6.61 Å². The zero-order chi connectivity index (χ0) is 19.4. The minimum Gasteiger partial charge on any atom is -0.465 e. The van der Waals surface area contributed by atoms with Crippen molar-refractivity contribution in [2.24, 2.45) is 5.92 Å². The third-order valence-corrected chi connectivity index (χ3v) is 5.11. The summed E-state index contributed by atoms with van der Waals surface area (Å²) in [6.07, 6.45) is 0.135. The standard InChI is InChI=1S/C20H18BrNO5/c1-26-19(24)13-7-8-14(17(21)9-13)12-27-20(25)15-10-18(23)22(11-15)16-5-3-2-4-6-16/h2-9,15H,10-12H2,1H3/t15-/m1/s1. The maximum absolute atomic E-state index is 12.4. The molecular formula is C20H18BrNO5. The van der Waals surface area contributed by atoms with Crippen molar-refractivity contribution in [2.75, 3.05) is 18.6 Å². The molecule has 0 N–H and O–H groups in total. The molecule has 1 aliphatic heterocycles. The second kappa shape index (κ2) is 8.35. The van der Waals surface area contributed by atoms with E-state index < -0.39 is 17.9 Å². The van der Waals surface area contributed by atoms with Gasteiger partial charge in [-0.15, -0.1) is 0 Å². The zero-order valence-corrected chi connectivity index (χ0v) is 16.3. The highest BCUT2D eigenvalue weighted by Gasteiger charge is 2.36. The summed E-state index contributed by atoms with van der Waals surface area (Å²) < 4.78 is 10.7. The molecule has 1 fully saturated rings. The van der Waals surface area contributed by atoms with Crippen molar-refractivity contribution in [1.82, 2.24) is 0 Å². The Balaban J connectivity index is 1.60. The highest BCUT2D eigenvalue weighted by atomic mass is 79.9. The molecule has 7 heteroatoms. The Morgan fingerprint density at radius 3 is 2.59 bits per heavy atom. The molecule has 1 saturated heterocycles. The Morgan fingerprint density at radius 2 is 1.93 bits per heavy atom. The van der Waals surface area contributed by atoms with E-state index in [2.05, 4.69) is 20.7 Å². The van der Waals surface area contributed by atoms with Crippen molar-refractivity contribution in [3.05, 3.63) is 64.1 Å². The molecule has 2 aromatic rings. The van der Waals surface area contributed by atoms with Gasteiger partial charge >= 0.3 is 11.9 Å². The number of halogens is 1. The molecule has 0 radical (unpaired) electrons. The molecule has 2 aromatic carbocycles. The van der Waals surface area contributed by atoms with Gasteiger partial charge in [-0.05, 0) is 24.3 Å². The van der Waals surface area contributed by atoms with Crippen molar-refractivity contribution >= 4 is 39.5 Å². The second-order valence-corrected chi connectivity index (χ2v) is 7.00. The van der Waals surface area contributed by atoms with Gasteiger partial charge in [0.25, 0.3) is 0 Å². The minimum absolute atomic E-state index is 0.0525. The van der Waals surface area contributed by atoms with Crippen LogP contribution in [0.5, 0.6) is 0 Å². The summed E-state index contributed by atoms with van der Waals surface area (Å²) >= 11 is 3.37. The van der Waals surface area contributed by atoms with Crippen LogP contribution in [0.2, 0.25) is 0 Å². The Morgan fingerprint density at radius 1 is 1.19 bits per heavy atom. The molecule has 1 heterocycles. The Labute approximate surface area is 165 Å². The highest BCUT2D eigenvalue weighted by molar-refractivity contribution is 9.10. The number of rotatable bonds is 5. The van der Waals surface area contributed by atoms with Gasteiger partial charge in [-0.25, -0.2) is 4.79 Å². The number of esters is 2. The molecule has 6 nitrogen and oxygen atoms in total. The number of para-hydroxylation sites is 1. The monoisotopic (exact) mass is 431 g/mol. The Kier molecular flexibility index (Phi) is 5.91. The normalized spacial score (nSPS) is 16.3. The van der Waals surface area contributed by atoms with Gasteiger partial charge in [-0.3, -0.25) is 9.59 Å². The molecule has 1 amide bonds. The molecule has 0 aromatic heterocycles. The lowest BCUT2D eigenvalue weighted by Gasteiger charge is -2.16. The van der Waals surface area contributed by atoms with Crippen LogP contribution in [-0.4, -0.2) is 31.5 Å². The van der Waals surface area contributed by atoms with E-state index in [-0.39, 0.29) is 18.9 Å². The van der Waals surface area contributed by atoms with Crippen LogP contribution in [0, 0.1) is 5.92 Å². The third-order valence-electron chi connectivity index (χ3n) is 4.37. The number of nitrogens with zero attached hydrogens (tertiary/aromatic N) is 1. The van der Waals surface area contributed by atoms with Crippen LogP contribution in [0.15, 0.2) is 53.0 Å². The van der Waals surface area contributed by atoms with Crippen molar-refractivity contribution in [1.29, 1.82) is 0 Å². The fourth-order valence-corrected chi connectivity index (χ4v) is 3.39. The van der Waals surface area contributed by atoms with Crippen molar-refractivity contribution < 1.29 is 23.9 Å². The zero-order valence-electron chi connectivity index (χ0n) is 14.7. The van der Waals surface area contributed by atoms with Gasteiger partial charge in [-0.2, -0.15) is 0 Å². The first-order chi connectivity index (χ1) is 13.0. The average molecular weight is 432 g/mol. The summed E-state index contributed by atoms with van der Waals surface area (Å²) in [4.78, 5) is 37.7. The van der Waals surface area contributed by atoms with Gasteiger partial charge in [0.15, 0.2) is 0 Å². The number of ether oxygens (including phenoxy) is 2. The molecule has 1 atom stereocenters. The average Bonchev–Trinajstić information content (AvgIpc) is 3.08. The second-order valence-electron chi connectivity index (χ2n) is 6.15. The summed E-state index contributed by atoms with van der Waals surface area (Å²) in [5.74, 6) is -1.44. The molecule has 140 valence electrons. The van der Waals surface area contributed by atoms with Gasteiger partial charge in [-0.1, -0.05) is 40.2 Å². The Bertz CT molecular complexity index is 868. The molecular weight excluding hydrogens is 414 g/mol. The van der Waals surface area contributed by atoms with Crippen LogP contribution >= 0.6 is 15.9 Å². The summed E-state index contributed by atoms with van der Waals surface area (Å²) in [7, 11) is 1.31. The molecule has 0 bridgehead atoms. The maximum atomic E-state index is 12.4. The van der Waals surface area contributed by atoms with Gasteiger partial charge in [0.2, 0.25) is 5.91 Å². The van der Waals surface area contributed by atoms with E-state index in [1.54, 1.807) is 23.1 Å². The molecule has 0 unspecified atom stereocenters. The van der Waals surface area contributed by atoms with E-state index in [9.17, 15) is 14.4 Å². The number of carbonyl (C=O) groups excluding carboxylic acids is 3. The van der Waals surface area contributed by atoms with Crippen LogP contribution in [-0.2, 0) is 25.7 Å². The Hall–Kier alpha value is -2.67. The van der Waals surface area contributed by atoms with Crippen LogP contribution in [0.3, 0.4) is 0 Å². The largest absolute Gasteiger partial charge is 0.465 e. The molecule has 0 spiro atoms. The molecule has 0 aliphatic carbocycles. The number of anilines is 1. The summed E-state index contributed by atoms with van der Waals surface area (Å²) in [6, 6.07) is 14.2. The van der Waals surface area contributed by atoms with Gasteiger partial charge in [0.05, 0.1) is 18.6 Å². The van der Waals surface area contributed by atoms with E-state index in [1.807, 2.05) is 30.3 Å². The lowest BCUT2D eigenvalue weighted by molar-refractivity contribution is -0.149. The van der Waals surface area contributed by atoms with E-state index in [0.29, 0.717) is 16.6 Å². The fraction of sp³-hybridized carbons (Fsp3) is 0.250.